The SMILES string of the molecule is Cc1ccc(Br)c(-c2nnc(CBr)n2C)c1. The summed E-state index contributed by atoms with van der Waals surface area (Å²) in [5, 5.41) is 9.05. The van der Waals surface area contributed by atoms with Crippen molar-refractivity contribution in [1.29, 1.82) is 0 Å². The summed E-state index contributed by atoms with van der Waals surface area (Å²) < 4.78 is 3.03. The van der Waals surface area contributed by atoms with Crippen molar-refractivity contribution in [3.05, 3.63) is 34.1 Å². The molecule has 84 valence electrons. The average Bonchev–Trinajstić information content (AvgIpc) is 2.63. The lowest BCUT2D eigenvalue weighted by Crippen LogP contribution is -1.97. The van der Waals surface area contributed by atoms with Gasteiger partial charge in [-0.25, -0.2) is 0 Å². The standard InChI is InChI=1S/C11H11Br2N3/c1-7-3-4-9(13)8(5-7)11-15-14-10(6-12)16(11)2/h3-5H,6H2,1-2H3. The molecule has 3 nitrogen and oxygen atoms in total. The van der Waals surface area contributed by atoms with Gasteiger partial charge in [0.15, 0.2) is 5.82 Å². The summed E-state index contributed by atoms with van der Waals surface area (Å²) in [4.78, 5) is 0. The minimum atomic E-state index is 0.708. The van der Waals surface area contributed by atoms with E-state index in [1.165, 1.54) is 5.56 Å². The summed E-state index contributed by atoms with van der Waals surface area (Å²) in [6, 6.07) is 6.20. The second-order valence-corrected chi connectivity index (χ2v) is 5.03. The molecule has 0 N–H and O–H groups in total. The van der Waals surface area contributed by atoms with Crippen LogP contribution >= 0.6 is 31.9 Å². The highest BCUT2D eigenvalue weighted by Crippen LogP contribution is 2.28. The largest absolute Gasteiger partial charge is 0.313 e. The summed E-state index contributed by atoms with van der Waals surface area (Å²) >= 11 is 6.93. The Morgan fingerprint density at radius 2 is 2.06 bits per heavy atom. The fourth-order valence-electron chi connectivity index (χ4n) is 1.52. The summed E-state index contributed by atoms with van der Waals surface area (Å²) in [7, 11) is 1.97. The molecule has 0 bridgehead atoms. The molecular formula is C11H11Br2N3. The predicted molar refractivity (Wildman–Crippen MR) is 71.5 cm³/mol. The van der Waals surface area contributed by atoms with Gasteiger partial charge in [-0.3, -0.25) is 0 Å². The molecule has 1 aromatic carbocycles. The van der Waals surface area contributed by atoms with E-state index >= 15 is 0 Å². The van der Waals surface area contributed by atoms with Crippen LogP contribution in [0, 0.1) is 6.92 Å². The number of rotatable bonds is 2. The Hall–Kier alpha value is -0.680. The van der Waals surface area contributed by atoms with Crippen molar-refractivity contribution in [3.63, 3.8) is 0 Å². The highest BCUT2D eigenvalue weighted by molar-refractivity contribution is 9.10. The molecule has 5 heteroatoms. The number of halogens is 2. The van der Waals surface area contributed by atoms with Gasteiger partial charge in [0.1, 0.15) is 5.82 Å². The Morgan fingerprint density at radius 1 is 1.31 bits per heavy atom. The van der Waals surface area contributed by atoms with Crippen LogP contribution in [0.1, 0.15) is 11.4 Å². The highest BCUT2D eigenvalue weighted by Gasteiger charge is 2.12. The molecule has 0 atom stereocenters. The van der Waals surface area contributed by atoms with E-state index < -0.39 is 0 Å². The van der Waals surface area contributed by atoms with E-state index in [9.17, 15) is 0 Å². The van der Waals surface area contributed by atoms with Crippen LogP contribution in [-0.4, -0.2) is 14.8 Å². The molecule has 0 spiro atoms. The number of aryl methyl sites for hydroxylation is 1. The van der Waals surface area contributed by atoms with Crippen LogP contribution in [0.15, 0.2) is 22.7 Å². The van der Waals surface area contributed by atoms with Crippen LogP contribution in [0.5, 0.6) is 0 Å². The van der Waals surface area contributed by atoms with Crippen molar-refractivity contribution in [2.75, 3.05) is 0 Å². The second kappa shape index (κ2) is 4.67. The number of nitrogens with zero attached hydrogens (tertiary/aromatic N) is 3. The number of benzene rings is 1. The molecule has 0 saturated carbocycles. The lowest BCUT2D eigenvalue weighted by Gasteiger charge is -2.05. The van der Waals surface area contributed by atoms with Crippen molar-refractivity contribution in [2.45, 2.75) is 12.3 Å². The lowest BCUT2D eigenvalue weighted by atomic mass is 10.1. The molecule has 0 saturated heterocycles. The second-order valence-electron chi connectivity index (χ2n) is 3.62. The first kappa shape index (κ1) is 11.8. The average molecular weight is 345 g/mol. The highest BCUT2D eigenvalue weighted by atomic mass is 79.9. The molecule has 1 aromatic heterocycles. The van der Waals surface area contributed by atoms with E-state index in [2.05, 4.69) is 61.1 Å². The molecule has 1 heterocycles. The number of alkyl halides is 1. The minimum absolute atomic E-state index is 0.708. The molecule has 2 rings (SSSR count). The molecule has 2 aromatic rings. The predicted octanol–water partition coefficient (Wildman–Crippen LogP) is 3.45. The number of hydrogen-bond donors (Lipinski definition) is 0. The van der Waals surface area contributed by atoms with Crippen LogP contribution in [0.25, 0.3) is 11.4 Å². The molecule has 0 unspecified atom stereocenters. The Labute approximate surface area is 111 Å². The monoisotopic (exact) mass is 343 g/mol. The van der Waals surface area contributed by atoms with Crippen LogP contribution in [-0.2, 0) is 12.4 Å². The molecule has 0 aliphatic rings. The van der Waals surface area contributed by atoms with Crippen LogP contribution < -0.4 is 0 Å². The maximum absolute atomic E-state index is 4.21. The molecule has 0 amide bonds. The quantitative estimate of drug-likeness (QED) is 0.781. The van der Waals surface area contributed by atoms with Gasteiger partial charge in [-0.05, 0) is 19.1 Å². The fourth-order valence-corrected chi connectivity index (χ4v) is 2.44. The zero-order valence-electron chi connectivity index (χ0n) is 9.04. The van der Waals surface area contributed by atoms with E-state index in [0.717, 1.165) is 21.7 Å². The maximum atomic E-state index is 4.21. The van der Waals surface area contributed by atoms with Gasteiger partial charge in [-0.15, -0.1) is 10.2 Å². The Bertz CT molecular complexity index is 520. The summed E-state index contributed by atoms with van der Waals surface area (Å²) in [5.74, 6) is 1.80. The third kappa shape index (κ3) is 2.06. The van der Waals surface area contributed by atoms with Gasteiger partial charge in [0.05, 0.1) is 5.33 Å². The molecule has 0 aliphatic carbocycles. The molecular weight excluding hydrogens is 334 g/mol. The zero-order chi connectivity index (χ0) is 11.7. The van der Waals surface area contributed by atoms with Crippen LogP contribution in [0.2, 0.25) is 0 Å². The van der Waals surface area contributed by atoms with Gasteiger partial charge in [0.25, 0.3) is 0 Å². The van der Waals surface area contributed by atoms with Crippen LogP contribution in [0.4, 0.5) is 0 Å². The van der Waals surface area contributed by atoms with Gasteiger partial charge in [-0.1, -0.05) is 43.5 Å². The maximum Gasteiger partial charge on any atom is 0.164 e. The van der Waals surface area contributed by atoms with Crippen molar-refractivity contribution in [3.8, 4) is 11.4 Å². The Balaban J connectivity index is 2.58. The lowest BCUT2D eigenvalue weighted by molar-refractivity contribution is 0.858. The van der Waals surface area contributed by atoms with E-state index in [1.807, 2.05) is 17.7 Å². The molecule has 16 heavy (non-hydrogen) atoms. The Kier molecular flexibility index (Phi) is 3.44. The number of hydrogen-bond acceptors (Lipinski definition) is 2. The van der Waals surface area contributed by atoms with E-state index in [1.54, 1.807) is 0 Å². The first-order valence-corrected chi connectivity index (χ1v) is 6.75. The van der Waals surface area contributed by atoms with E-state index in [0.29, 0.717) is 5.33 Å². The van der Waals surface area contributed by atoms with Crippen molar-refractivity contribution < 1.29 is 0 Å². The van der Waals surface area contributed by atoms with E-state index in [-0.39, 0.29) is 0 Å². The normalized spacial score (nSPS) is 10.8. The summed E-state index contributed by atoms with van der Waals surface area (Å²) in [6.45, 7) is 2.07. The van der Waals surface area contributed by atoms with Gasteiger partial charge >= 0.3 is 0 Å². The molecule has 0 radical (unpaired) electrons. The van der Waals surface area contributed by atoms with Crippen LogP contribution in [0.3, 0.4) is 0 Å². The van der Waals surface area contributed by atoms with Crippen molar-refractivity contribution >= 4 is 31.9 Å². The molecule has 0 aliphatic heterocycles. The third-order valence-electron chi connectivity index (χ3n) is 2.45. The topological polar surface area (TPSA) is 30.7 Å². The van der Waals surface area contributed by atoms with Gasteiger partial charge < -0.3 is 4.57 Å². The van der Waals surface area contributed by atoms with Gasteiger partial charge in [0.2, 0.25) is 0 Å². The molecule has 0 fully saturated rings. The van der Waals surface area contributed by atoms with E-state index in [4.69, 9.17) is 0 Å². The third-order valence-corrected chi connectivity index (χ3v) is 3.64. The number of aromatic nitrogens is 3. The first-order chi connectivity index (χ1) is 7.63. The first-order valence-electron chi connectivity index (χ1n) is 4.84. The zero-order valence-corrected chi connectivity index (χ0v) is 12.2. The van der Waals surface area contributed by atoms with Gasteiger partial charge in [-0.2, -0.15) is 0 Å². The van der Waals surface area contributed by atoms with Crippen molar-refractivity contribution in [2.24, 2.45) is 7.05 Å². The summed E-state index contributed by atoms with van der Waals surface area (Å²) in [5.41, 5.74) is 2.28. The fraction of sp³-hybridized carbons (Fsp3) is 0.273. The Morgan fingerprint density at radius 3 is 2.69 bits per heavy atom. The van der Waals surface area contributed by atoms with Gasteiger partial charge in [0, 0.05) is 17.1 Å². The minimum Gasteiger partial charge on any atom is -0.313 e. The smallest absolute Gasteiger partial charge is 0.164 e. The van der Waals surface area contributed by atoms with Crippen molar-refractivity contribution in [1.82, 2.24) is 14.8 Å². The summed E-state index contributed by atoms with van der Waals surface area (Å²) in [6.07, 6.45) is 0.